The molecule has 0 unspecified atom stereocenters. The number of rotatable bonds is 6. The molecule has 0 spiro atoms. The maximum absolute atomic E-state index is 13.8. The van der Waals surface area contributed by atoms with Crippen LogP contribution in [-0.2, 0) is 19.3 Å². The first-order chi connectivity index (χ1) is 16.1. The van der Waals surface area contributed by atoms with Crippen molar-refractivity contribution in [1.29, 1.82) is 0 Å². The molecule has 0 bridgehead atoms. The Balaban J connectivity index is 1.71. The van der Waals surface area contributed by atoms with Crippen LogP contribution in [0, 0.1) is 0 Å². The lowest BCUT2D eigenvalue weighted by Crippen LogP contribution is -2.27. The lowest BCUT2D eigenvalue weighted by Gasteiger charge is -2.14. The molecule has 1 aromatic carbocycles. The average molecular weight is 537 g/mol. The van der Waals surface area contributed by atoms with E-state index < -0.39 is 17.8 Å². The number of hydrogen-bond acceptors (Lipinski definition) is 5. The second kappa shape index (κ2) is 9.09. The van der Waals surface area contributed by atoms with Crippen LogP contribution in [0.25, 0.3) is 16.9 Å². The summed E-state index contributed by atoms with van der Waals surface area (Å²) in [6, 6.07) is 8.65. The van der Waals surface area contributed by atoms with Crippen molar-refractivity contribution in [3.63, 3.8) is 0 Å². The number of carbonyl (C=O) groups excluding carboxylic acids is 1. The van der Waals surface area contributed by atoms with Crippen molar-refractivity contribution < 1.29 is 22.7 Å². The summed E-state index contributed by atoms with van der Waals surface area (Å²) in [5, 5.41) is 8.30. The van der Waals surface area contributed by atoms with Gasteiger partial charge in [-0.15, -0.1) is 0 Å². The third kappa shape index (κ3) is 4.63. The van der Waals surface area contributed by atoms with Crippen LogP contribution >= 0.6 is 15.9 Å². The molecule has 0 saturated heterocycles. The minimum Gasteiger partial charge on any atom is -0.497 e. The molecule has 178 valence electrons. The van der Waals surface area contributed by atoms with Crippen LogP contribution in [0.3, 0.4) is 0 Å². The van der Waals surface area contributed by atoms with Crippen molar-refractivity contribution in [3.8, 4) is 17.0 Å². The first-order valence-electron chi connectivity index (χ1n) is 10.2. The zero-order valence-corrected chi connectivity index (χ0v) is 20.1. The number of methoxy groups -OCH3 is 1. The summed E-state index contributed by atoms with van der Waals surface area (Å²) in [5.41, 5.74) is -0.0841. The van der Waals surface area contributed by atoms with E-state index >= 15 is 0 Å². The van der Waals surface area contributed by atoms with E-state index in [9.17, 15) is 18.0 Å². The minimum atomic E-state index is -4.71. The topological polar surface area (TPSA) is 77.5 Å². The maximum Gasteiger partial charge on any atom is 0.433 e. The Morgan fingerprint density at radius 1 is 1.18 bits per heavy atom. The van der Waals surface area contributed by atoms with Crippen LogP contribution in [0.5, 0.6) is 5.75 Å². The van der Waals surface area contributed by atoms with Crippen LogP contribution in [0.1, 0.15) is 28.8 Å². The molecular weight excluding hydrogens is 517 g/mol. The van der Waals surface area contributed by atoms with E-state index in [0.29, 0.717) is 28.1 Å². The number of alkyl halides is 3. The Labute approximate surface area is 201 Å². The number of benzene rings is 1. The number of fused-ring (bicyclic) bond motifs is 1. The minimum absolute atomic E-state index is 0.0890. The summed E-state index contributed by atoms with van der Waals surface area (Å²) >= 11 is 3.41. The second-order valence-corrected chi connectivity index (χ2v) is 8.35. The lowest BCUT2D eigenvalue weighted by atomic mass is 10.1. The molecule has 0 saturated carbocycles. The van der Waals surface area contributed by atoms with Crippen molar-refractivity contribution in [2.45, 2.75) is 26.2 Å². The van der Waals surface area contributed by atoms with Crippen molar-refractivity contribution in [2.75, 3.05) is 14.2 Å². The molecule has 3 aromatic heterocycles. The number of halogens is 4. The molecule has 4 aromatic rings. The summed E-state index contributed by atoms with van der Waals surface area (Å²) < 4.78 is 49.7. The Morgan fingerprint density at radius 3 is 2.47 bits per heavy atom. The normalized spacial score (nSPS) is 11.7. The fourth-order valence-corrected chi connectivity index (χ4v) is 3.83. The van der Waals surface area contributed by atoms with Gasteiger partial charge in [0, 0.05) is 31.4 Å². The van der Waals surface area contributed by atoms with Gasteiger partial charge in [0.15, 0.2) is 17.0 Å². The van der Waals surface area contributed by atoms with Crippen molar-refractivity contribution in [2.24, 2.45) is 0 Å². The van der Waals surface area contributed by atoms with Crippen LogP contribution in [0.15, 0.2) is 47.1 Å². The van der Waals surface area contributed by atoms with Crippen molar-refractivity contribution in [3.05, 3.63) is 64.1 Å². The second-order valence-electron chi connectivity index (χ2n) is 7.49. The molecule has 0 aliphatic rings. The highest BCUT2D eigenvalue weighted by molar-refractivity contribution is 9.10. The van der Waals surface area contributed by atoms with Crippen LogP contribution in [-0.4, -0.2) is 49.3 Å². The fraction of sp³-hybridized carbons (Fsp3) is 0.273. The number of aryl methyl sites for hydroxylation is 1. The van der Waals surface area contributed by atoms with Crippen molar-refractivity contribution >= 4 is 27.5 Å². The molecule has 0 atom stereocenters. The zero-order chi connectivity index (χ0) is 24.6. The van der Waals surface area contributed by atoms with Gasteiger partial charge >= 0.3 is 6.18 Å². The van der Waals surface area contributed by atoms with Gasteiger partial charge in [-0.25, -0.2) is 9.50 Å². The van der Waals surface area contributed by atoms with Gasteiger partial charge in [0.2, 0.25) is 0 Å². The van der Waals surface area contributed by atoms with Gasteiger partial charge in [-0.2, -0.15) is 23.4 Å². The fourth-order valence-electron chi connectivity index (χ4n) is 3.39. The molecule has 0 fully saturated rings. The molecule has 12 heteroatoms. The maximum atomic E-state index is 13.8. The molecule has 34 heavy (non-hydrogen) atoms. The van der Waals surface area contributed by atoms with E-state index in [0.717, 1.165) is 10.5 Å². The van der Waals surface area contributed by atoms with E-state index in [-0.39, 0.29) is 23.6 Å². The largest absolute Gasteiger partial charge is 0.497 e. The van der Waals surface area contributed by atoms with Crippen LogP contribution in [0.2, 0.25) is 0 Å². The average Bonchev–Trinajstić information content (AvgIpc) is 3.40. The molecule has 0 radical (unpaired) electrons. The number of nitrogens with zero attached hydrogens (tertiary/aromatic N) is 6. The standard InChI is InChI=1S/C22H20BrF3N6O2/c1-4-31-11-15(23)18(28-31)12-30(2)21(33)17-10-20-27-16(13-5-7-14(34-3)8-6-13)9-19(22(24,25)26)32(20)29-17/h5-11H,4,12H2,1-3H3. The zero-order valence-electron chi connectivity index (χ0n) is 18.5. The molecule has 4 rings (SSSR count). The quantitative estimate of drug-likeness (QED) is 0.357. The number of carbonyl (C=O) groups is 1. The van der Waals surface area contributed by atoms with Crippen LogP contribution in [0.4, 0.5) is 13.2 Å². The Bertz CT molecular complexity index is 1350. The molecule has 8 nitrogen and oxygen atoms in total. The lowest BCUT2D eigenvalue weighted by molar-refractivity contribution is -0.142. The summed E-state index contributed by atoms with van der Waals surface area (Å²) in [6.45, 7) is 2.74. The predicted octanol–water partition coefficient (Wildman–Crippen LogP) is 4.67. The highest BCUT2D eigenvalue weighted by Crippen LogP contribution is 2.33. The van der Waals surface area contributed by atoms with Gasteiger partial charge in [-0.05, 0) is 53.2 Å². The molecule has 0 aliphatic heterocycles. The molecule has 0 aliphatic carbocycles. The van der Waals surface area contributed by atoms with E-state index in [1.54, 1.807) is 35.1 Å². The molecule has 1 amide bonds. The first kappa shape index (κ1) is 23.7. The third-order valence-corrected chi connectivity index (χ3v) is 5.83. The smallest absolute Gasteiger partial charge is 0.433 e. The van der Waals surface area contributed by atoms with Gasteiger partial charge in [0.1, 0.15) is 5.75 Å². The van der Waals surface area contributed by atoms with Gasteiger partial charge in [0.05, 0.1) is 29.5 Å². The van der Waals surface area contributed by atoms with E-state index in [1.165, 1.54) is 25.1 Å². The number of amides is 1. The van der Waals surface area contributed by atoms with Gasteiger partial charge < -0.3 is 9.64 Å². The number of aromatic nitrogens is 5. The highest BCUT2D eigenvalue weighted by atomic mass is 79.9. The first-order valence-corrected chi connectivity index (χ1v) is 11.0. The van der Waals surface area contributed by atoms with E-state index in [4.69, 9.17) is 4.74 Å². The third-order valence-electron chi connectivity index (χ3n) is 5.17. The summed E-state index contributed by atoms with van der Waals surface area (Å²) in [5.74, 6) is 0.0131. The predicted molar refractivity (Wildman–Crippen MR) is 121 cm³/mol. The molecular formula is C22H20BrF3N6O2. The van der Waals surface area contributed by atoms with Gasteiger partial charge in [0.25, 0.3) is 5.91 Å². The van der Waals surface area contributed by atoms with Crippen molar-refractivity contribution in [1.82, 2.24) is 29.3 Å². The molecule has 0 N–H and O–H groups in total. The number of ether oxygens (including phenoxy) is 1. The van der Waals surface area contributed by atoms with Gasteiger partial charge in [-0.3, -0.25) is 9.48 Å². The summed E-state index contributed by atoms with van der Waals surface area (Å²) in [4.78, 5) is 18.6. The highest BCUT2D eigenvalue weighted by Gasteiger charge is 2.36. The number of hydrogen-bond donors (Lipinski definition) is 0. The summed E-state index contributed by atoms with van der Waals surface area (Å²) in [7, 11) is 3.03. The Kier molecular flexibility index (Phi) is 6.34. The van der Waals surface area contributed by atoms with Gasteiger partial charge in [-0.1, -0.05) is 0 Å². The Hall–Kier alpha value is -3.41. The van der Waals surface area contributed by atoms with E-state index in [2.05, 4.69) is 31.1 Å². The SMILES string of the molecule is CCn1cc(Br)c(CN(C)C(=O)c2cc3nc(-c4ccc(OC)cc4)cc(C(F)(F)F)n3n2)n1. The Morgan fingerprint density at radius 2 is 1.88 bits per heavy atom. The van der Waals surface area contributed by atoms with Crippen LogP contribution < -0.4 is 4.74 Å². The molecule has 3 heterocycles. The monoisotopic (exact) mass is 536 g/mol. The summed E-state index contributed by atoms with van der Waals surface area (Å²) in [6.07, 6.45) is -2.92. The van der Waals surface area contributed by atoms with E-state index in [1.807, 2.05) is 6.92 Å².